The summed E-state index contributed by atoms with van der Waals surface area (Å²) in [5.41, 5.74) is -0.765. The molecule has 1 saturated heterocycles. The van der Waals surface area contributed by atoms with Gasteiger partial charge in [0.15, 0.2) is 0 Å². The Kier molecular flexibility index (Phi) is 7.14. The van der Waals surface area contributed by atoms with E-state index < -0.39 is 11.5 Å². The van der Waals surface area contributed by atoms with Crippen LogP contribution in [0.15, 0.2) is 0 Å². The molecule has 0 saturated carbocycles. The van der Waals surface area contributed by atoms with Crippen LogP contribution in [0.4, 0.5) is 0 Å². The summed E-state index contributed by atoms with van der Waals surface area (Å²) in [5.74, 6) is 0.0432. The van der Waals surface area contributed by atoms with Gasteiger partial charge in [-0.1, -0.05) is 13.8 Å². The Morgan fingerprint density at radius 2 is 2.10 bits per heavy atom. The fourth-order valence-corrected chi connectivity index (χ4v) is 3.54. The van der Waals surface area contributed by atoms with E-state index in [-0.39, 0.29) is 6.04 Å². The lowest BCUT2D eigenvalue weighted by Gasteiger charge is -2.39. The molecule has 0 aromatic rings. The molecule has 1 aliphatic heterocycles. The number of rotatable bonds is 8. The highest BCUT2D eigenvalue weighted by atomic mass is 16.4. The molecule has 1 aliphatic rings. The second-order valence-electron chi connectivity index (χ2n) is 7.04. The minimum Gasteiger partial charge on any atom is -0.480 e. The number of carboxylic acid groups (broad SMARTS) is 1. The van der Waals surface area contributed by atoms with E-state index in [1.807, 2.05) is 20.8 Å². The van der Waals surface area contributed by atoms with E-state index in [9.17, 15) is 9.90 Å². The third-order valence-electron chi connectivity index (χ3n) is 5.13. The van der Waals surface area contributed by atoms with E-state index >= 15 is 0 Å². The lowest BCUT2D eigenvalue weighted by molar-refractivity contribution is -0.146. The molecule has 0 bridgehead atoms. The molecule has 0 radical (unpaired) electrons. The van der Waals surface area contributed by atoms with Crippen LogP contribution in [0.3, 0.4) is 0 Å². The second-order valence-corrected chi connectivity index (χ2v) is 7.04. The average molecular weight is 298 g/mol. The zero-order valence-electron chi connectivity index (χ0n) is 14.5. The Morgan fingerprint density at radius 1 is 1.43 bits per heavy atom. The van der Waals surface area contributed by atoms with Crippen molar-refractivity contribution in [3.63, 3.8) is 0 Å². The molecule has 0 aromatic carbocycles. The maximum atomic E-state index is 11.7. The molecular formula is C17H34N2O2. The van der Waals surface area contributed by atoms with E-state index in [1.54, 1.807) is 0 Å². The van der Waals surface area contributed by atoms with Crippen molar-refractivity contribution < 1.29 is 9.90 Å². The highest BCUT2D eigenvalue weighted by Gasteiger charge is 2.36. The van der Waals surface area contributed by atoms with Crippen LogP contribution in [-0.4, -0.2) is 46.7 Å². The van der Waals surface area contributed by atoms with Crippen molar-refractivity contribution in [2.75, 3.05) is 13.1 Å². The predicted molar refractivity (Wildman–Crippen MR) is 87.6 cm³/mol. The van der Waals surface area contributed by atoms with Gasteiger partial charge in [0.1, 0.15) is 5.54 Å². The van der Waals surface area contributed by atoms with Gasteiger partial charge in [-0.3, -0.25) is 10.1 Å². The summed E-state index contributed by atoms with van der Waals surface area (Å²) < 4.78 is 0. The number of carbonyl (C=O) groups is 1. The predicted octanol–water partition coefficient (Wildman–Crippen LogP) is 3.12. The van der Waals surface area contributed by atoms with Crippen molar-refractivity contribution in [1.29, 1.82) is 0 Å². The van der Waals surface area contributed by atoms with E-state index in [4.69, 9.17) is 0 Å². The summed E-state index contributed by atoms with van der Waals surface area (Å²) in [6.45, 7) is 12.8. The van der Waals surface area contributed by atoms with Crippen molar-refractivity contribution in [2.24, 2.45) is 5.92 Å². The topological polar surface area (TPSA) is 52.6 Å². The van der Waals surface area contributed by atoms with Gasteiger partial charge < -0.3 is 10.0 Å². The molecule has 2 N–H and O–H groups in total. The van der Waals surface area contributed by atoms with Crippen LogP contribution in [0.1, 0.15) is 66.7 Å². The lowest BCUT2D eigenvalue weighted by Crippen LogP contribution is -2.54. The molecule has 0 aliphatic carbocycles. The Bertz CT molecular complexity index is 333. The van der Waals surface area contributed by atoms with Gasteiger partial charge in [-0.05, 0) is 71.9 Å². The largest absolute Gasteiger partial charge is 0.480 e. The molecule has 124 valence electrons. The Morgan fingerprint density at radius 3 is 2.62 bits per heavy atom. The summed E-state index contributed by atoms with van der Waals surface area (Å²) in [4.78, 5) is 14.2. The maximum absolute atomic E-state index is 11.7. The number of hydrogen-bond acceptors (Lipinski definition) is 3. The van der Waals surface area contributed by atoms with Gasteiger partial charge in [0.25, 0.3) is 0 Å². The first kappa shape index (κ1) is 18.4. The monoisotopic (exact) mass is 298 g/mol. The van der Waals surface area contributed by atoms with Gasteiger partial charge in [-0.15, -0.1) is 0 Å². The van der Waals surface area contributed by atoms with E-state index in [2.05, 4.69) is 24.1 Å². The van der Waals surface area contributed by atoms with Crippen molar-refractivity contribution in [1.82, 2.24) is 10.2 Å². The minimum absolute atomic E-state index is 0.190. The summed E-state index contributed by atoms with van der Waals surface area (Å²) in [6, 6.07) is 0.813. The maximum Gasteiger partial charge on any atom is 0.323 e. The Labute approximate surface area is 130 Å². The second kappa shape index (κ2) is 8.14. The highest BCUT2D eigenvalue weighted by molar-refractivity contribution is 5.78. The summed E-state index contributed by atoms with van der Waals surface area (Å²) in [7, 11) is 0. The molecule has 3 unspecified atom stereocenters. The number of nitrogens with zero attached hydrogens (tertiary/aromatic N) is 1. The minimum atomic E-state index is -0.765. The first-order valence-electron chi connectivity index (χ1n) is 8.57. The summed E-state index contributed by atoms with van der Waals surface area (Å²) >= 11 is 0. The molecule has 0 amide bonds. The number of likely N-dealkylation sites (tertiary alicyclic amines) is 1. The van der Waals surface area contributed by atoms with Crippen molar-refractivity contribution in [3.8, 4) is 0 Å². The van der Waals surface area contributed by atoms with E-state index in [0.717, 1.165) is 25.4 Å². The molecule has 0 aromatic heterocycles. The van der Waals surface area contributed by atoms with Crippen LogP contribution < -0.4 is 5.32 Å². The quantitative estimate of drug-likeness (QED) is 0.723. The van der Waals surface area contributed by atoms with E-state index in [1.165, 1.54) is 12.8 Å². The number of nitrogens with one attached hydrogen (secondary N) is 1. The molecule has 1 fully saturated rings. The first-order chi connectivity index (χ1) is 9.82. The molecule has 21 heavy (non-hydrogen) atoms. The van der Waals surface area contributed by atoms with Gasteiger partial charge in [0.05, 0.1) is 0 Å². The standard InChI is InChI=1S/C17H34N2O2/c1-6-17(16(20)21,18-13(2)3)10-8-12-19-11-7-9-14(4)15(19)5/h13-15,18H,6-12H2,1-5H3,(H,20,21). The molecule has 3 atom stereocenters. The van der Waals surface area contributed by atoms with Crippen molar-refractivity contribution in [3.05, 3.63) is 0 Å². The molecule has 1 rings (SSSR count). The third kappa shape index (κ3) is 4.96. The smallest absolute Gasteiger partial charge is 0.323 e. The van der Waals surface area contributed by atoms with Crippen LogP contribution in [-0.2, 0) is 4.79 Å². The van der Waals surface area contributed by atoms with E-state index in [0.29, 0.717) is 18.9 Å². The van der Waals surface area contributed by atoms with Gasteiger partial charge in [-0.25, -0.2) is 0 Å². The zero-order valence-corrected chi connectivity index (χ0v) is 14.5. The van der Waals surface area contributed by atoms with Gasteiger partial charge >= 0.3 is 5.97 Å². The number of aliphatic carboxylic acids is 1. The fourth-order valence-electron chi connectivity index (χ4n) is 3.54. The average Bonchev–Trinajstić information content (AvgIpc) is 2.41. The van der Waals surface area contributed by atoms with Crippen molar-refractivity contribution in [2.45, 2.75) is 84.3 Å². The third-order valence-corrected chi connectivity index (χ3v) is 5.13. The van der Waals surface area contributed by atoms with Gasteiger partial charge in [0.2, 0.25) is 0 Å². The summed E-state index contributed by atoms with van der Waals surface area (Å²) in [6.07, 6.45) is 4.87. The SMILES string of the molecule is CCC(CCCN1CCCC(C)C1C)(NC(C)C)C(=O)O. The highest BCUT2D eigenvalue weighted by Crippen LogP contribution is 2.25. The zero-order chi connectivity index (χ0) is 16.0. The Balaban J connectivity index is 2.55. The fraction of sp³-hybridized carbons (Fsp3) is 0.941. The molecule has 0 spiro atoms. The molecule has 1 heterocycles. The number of carboxylic acids is 1. The van der Waals surface area contributed by atoms with Gasteiger partial charge in [0, 0.05) is 12.1 Å². The van der Waals surface area contributed by atoms with Crippen LogP contribution in [0, 0.1) is 5.92 Å². The number of hydrogen-bond donors (Lipinski definition) is 2. The van der Waals surface area contributed by atoms with Crippen molar-refractivity contribution >= 4 is 5.97 Å². The van der Waals surface area contributed by atoms with Crippen LogP contribution >= 0.6 is 0 Å². The normalized spacial score (nSPS) is 26.8. The first-order valence-corrected chi connectivity index (χ1v) is 8.57. The summed E-state index contributed by atoms with van der Waals surface area (Å²) in [5, 5.41) is 12.9. The van der Waals surface area contributed by atoms with Crippen LogP contribution in [0.5, 0.6) is 0 Å². The Hall–Kier alpha value is -0.610. The lowest BCUT2D eigenvalue weighted by atomic mass is 9.88. The van der Waals surface area contributed by atoms with Gasteiger partial charge in [-0.2, -0.15) is 0 Å². The molecule has 4 heteroatoms. The molecular weight excluding hydrogens is 264 g/mol. The number of piperidine rings is 1. The van der Waals surface area contributed by atoms with Crippen LogP contribution in [0.2, 0.25) is 0 Å². The molecule has 4 nitrogen and oxygen atoms in total. The van der Waals surface area contributed by atoms with Crippen LogP contribution in [0.25, 0.3) is 0 Å².